The molecule has 7 nitrogen and oxygen atoms in total. The molecule has 0 fully saturated rings. The number of nitro benzene ring substituents is 1. The molecule has 0 amide bonds. The van der Waals surface area contributed by atoms with E-state index in [0.29, 0.717) is 5.69 Å². The molecule has 0 unspecified atom stereocenters. The van der Waals surface area contributed by atoms with E-state index in [1.807, 2.05) is 0 Å². The number of hydrogen-bond donors (Lipinski definition) is 1. The van der Waals surface area contributed by atoms with Gasteiger partial charge in [-0.2, -0.15) is 0 Å². The van der Waals surface area contributed by atoms with E-state index in [2.05, 4.69) is 5.10 Å². The standard InChI is InChI=1S/C12H10ClN3O4/c1-6-10(12(18)15(2)14-6)11(17)8-4-3-7(16(19)20)5-9(8)13/h3-5,14H,1-2H3. The maximum Gasteiger partial charge on any atom is 0.277 e. The summed E-state index contributed by atoms with van der Waals surface area (Å²) in [7, 11) is 1.49. The Morgan fingerprint density at radius 2 is 2.10 bits per heavy atom. The van der Waals surface area contributed by atoms with E-state index in [1.165, 1.54) is 23.9 Å². The molecule has 2 rings (SSSR count). The van der Waals surface area contributed by atoms with Crippen molar-refractivity contribution < 1.29 is 9.72 Å². The number of H-pyrrole nitrogens is 1. The first-order valence-electron chi connectivity index (χ1n) is 5.57. The molecular weight excluding hydrogens is 286 g/mol. The third kappa shape index (κ3) is 2.23. The van der Waals surface area contributed by atoms with Gasteiger partial charge in [0.05, 0.1) is 9.95 Å². The van der Waals surface area contributed by atoms with Gasteiger partial charge in [0.2, 0.25) is 5.78 Å². The highest BCUT2D eigenvalue weighted by Crippen LogP contribution is 2.24. The lowest BCUT2D eigenvalue weighted by atomic mass is 10.0. The van der Waals surface area contributed by atoms with Gasteiger partial charge >= 0.3 is 0 Å². The van der Waals surface area contributed by atoms with Crippen LogP contribution in [0, 0.1) is 17.0 Å². The third-order valence-electron chi connectivity index (χ3n) is 2.86. The zero-order chi connectivity index (χ0) is 15.0. The van der Waals surface area contributed by atoms with Crippen molar-refractivity contribution in [2.75, 3.05) is 0 Å². The number of carbonyl (C=O) groups excluding carboxylic acids is 1. The Labute approximate surface area is 117 Å². The van der Waals surface area contributed by atoms with Crippen molar-refractivity contribution >= 4 is 23.1 Å². The minimum Gasteiger partial charge on any atom is -0.299 e. The van der Waals surface area contributed by atoms with E-state index in [0.717, 1.165) is 6.07 Å². The quantitative estimate of drug-likeness (QED) is 0.530. The van der Waals surface area contributed by atoms with E-state index in [-0.39, 0.29) is 21.8 Å². The van der Waals surface area contributed by atoms with Crippen LogP contribution in [-0.4, -0.2) is 20.5 Å². The van der Waals surface area contributed by atoms with Crippen molar-refractivity contribution in [2.45, 2.75) is 6.92 Å². The molecule has 1 aromatic carbocycles. The molecule has 8 heteroatoms. The lowest BCUT2D eigenvalue weighted by Gasteiger charge is -2.02. The van der Waals surface area contributed by atoms with Gasteiger partial charge in [-0.3, -0.25) is 29.5 Å². The largest absolute Gasteiger partial charge is 0.299 e. The van der Waals surface area contributed by atoms with Crippen molar-refractivity contribution in [2.24, 2.45) is 7.05 Å². The maximum atomic E-state index is 12.3. The van der Waals surface area contributed by atoms with Gasteiger partial charge in [-0.25, -0.2) is 0 Å². The fraction of sp³-hybridized carbons (Fsp3) is 0.167. The number of aryl methyl sites for hydroxylation is 2. The highest BCUT2D eigenvalue weighted by molar-refractivity contribution is 6.35. The molecule has 1 N–H and O–H groups in total. The summed E-state index contributed by atoms with van der Waals surface area (Å²) < 4.78 is 1.18. The number of non-ortho nitro benzene ring substituents is 1. The highest BCUT2D eigenvalue weighted by Gasteiger charge is 2.22. The molecule has 0 saturated heterocycles. The molecule has 20 heavy (non-hydrogen) atoms. The summed E-state index contributed by atoms with van der Waals surface area (Å²) in [5.74, 6) is -0.566. The molecule has 0 aliphatic heterocycles. The van der Waals surface area contributed by atoms with Gasteiger partial charge in [-0.15, -0.1) is 0 Å². The molecule has 0 aliphatic carbocycles. The van der Waals surface area contributed by atoms with E-state index in [9.17, 15) is 19.7 Å². The van der Waals surface area contributed by atoms with Crippen LogP contribution in [0.25, 0.3) is 0 Å². The Kier molecular flexibility index (Phi) is 3.46. The Morgan fingerprint density at radius 1 is 1.45 bits per heavy atom. The number of rotatable bonds is 3. The van der Waals surface area contributed by atoms with Gasteiger partial charge in [-0.1, -0.05) is 11.6 Å². The van der Waals surface area contributed by atoms with E-state index < -0.39 is 16.3 Å². The van der Waals surface area contributed by atoms with Crippen LogP contribution in [0.5, 0.6) is 0 Å². The minimum atomic E-state index is -0.610. The number of carbonyl (C=O) groups is 1. The number of nitrogens with zero attached hydrogens (tertiary/aromatic N) is 2. The monoisotopic (exact) mass is 295 g/mol. The SMILES string of the molecule is Cc1[nH]n(C)c(=O)c1C(=O)c1ccc([N+](=O)[O-])cc1Cl. The molecule has 0 radical (unpaired) electrons. The van der Waals surface area contributed by atoms with Gasteiger partial charge in [0.25, 0.3) is 11.2 Å². The third-order valence-corrected chi connectivity index (χ3v) is 3.18. The number of halogens is 1. The number of hydrogen-bond acceptors (Lipinski definition) is 4. The molecule has 0 saturated carbocycles. The minimum absolute atomic E-state index is 0.0248. The van der Waals surface area contributed by atoms with Crippen LogP contribution < -0.4 is 5.56 Å². The molecule has 1 aromatic heterocycles. The molecule has 0 bridgehead atoms. The second-order valence-electron chi connectivity index (χ2n) is 4.23. The summed E-state index contributed by atoms with van der Waals surface area (Å²) in [6, 6.07) is 3.50. The zero-order valence-corrected chi connectivity index (χ0v) is 11.4. The van der Waals surface area contributed by atoms with Crippen LogP contribution in [0.3, 0.4) is 0 Å². The summed E-state index contributed by atoms with van der Waals surface area (Å²) in [4.78, 5) is 34.2. The molecule has 0 spiro atoms. The topological polar surface area (TPSA) is 98.0 Å². The van der Waals surface area contributed by atoms with Crippen LogP contribution in [0.4, 0.5) is 5.69 Å². The summed E-state index contributed by atoms with van der Waals surface area (Å²) in [5.41, 5.74) is -0.246. The first-order chi connectivity index (χ1) is 9.32. The Hall–Kier alpha value is -2.41. The van der Waals surface area contributed by atoms with Gasteiger partial charge in [0.15, 0.2) is 0 Å². The second-order valence-corrected chi connectivity index (χ2v) is 4.63. The van der Waals surface area contributed by atoms with Crippen LogP contribution in [0.1, 0.15) is 21.6 Å². The maximum absolute atomic E-state index is 12.3. The number of aromatic nitrogens is 2. The van der Waals surface area contributed by atoms with Crippen LogP contribution in [0.2, 0.25) is 5.02 Å². The average Bonchev–Trinajstić information content (AvgIpc) is 2.62. The Balaban J connectivity index is 2.54. The fourth-order valence-electron chi connectivity index (χ4n) is 1.89. The smallest absolute Gasteiger partial charge is 0.277 e. The number of benzene rings is 1. The lowest BCUT2D eigenvalue weighted by molar-refractivity contribution is -0.384. The normalized spacial score (nSPS) is 10.6. The van der Waals surface area contributed by atoms with Gasteiger partial charge < -0.3 is 0 Å². The summed E-state index contributed by atoms with van der Waals surface area (Å²) in [6.45, 7) is 1.59. The summed E-state index contributed by atoms with van der Waals surface area (Å²) in [5, 5.41) is 13.3. The number of nitro groups is 1. The van der Waals surface area contributed by atoms with Crippen molar-refractivity contribution in [3.05, 3.63) is 60.5 Å². The predicted octanol–water partition coefficient (Wildman–Crippen LogP) is 1.81. The van der Waals surface area contributed by atoms with E-state index >= 15 is 0 Å². The Morgan fingerprint density at radius 3 is 2.55 bits per heavy atom. The first kappa shape index (κ1) is 14.0. The van der Waals surface area contributed by atoms with Crippen LogP contribution in [-0.2, 0) is 7.05 Å². The zero-order valence-electron chi connectivity index (χ0n) is 10.6. The van der Waals surface area contributed by atoms with E-state index in [4.69, 9.17) is 11.6 Å². The second kappa shape index (κ2) is 4.93. The molecule has 0 atom stereocenters. The average molecular weight is 296 g/mol. The van der Waals surface area contributed by atoms with Gasteiger partial charge in [0, 0.05) is 30.4 Å². The molecule has 2 aromatic rings. The number of ketones is 1. The molecule has 104 valence electrons. The van der Waals surface area contributed by atoms with Crippen LogP contribution in [0.15, 0.2) is 23.0 Å². The predicted molar refractivity (Wildman–Crippen MR) is 72.3 cm³/mol. The molecule has 0 aliphatic rings. The van der Waals surface area contributed by atoms with Crippen molar-refractivity contribution in [1.29, 1.82) is 0 Å². The van der Waals surface area contributed by atoms with Gasteiger partial charge in [-0.05, 0) is 13.0 Å². The summed E-state index contributed by atoms with van der Waals surface area (Å²) in [6.07, 6.45) is 0. The number of nitrogens with one attached hydrogen (secondary N) is 1. The Bertz CT molecular complexity index is 775. The summed E-state index contributed by atoms with van der Waals surface area (Å²) >= 11 is 5.89. The number of aromatic amines is 1. The van der Waals surface area contributed by atoms with E-state index in [1.54, 1.807) is 6.92 Å². The highest BCUT2D eigenvalue weighted by atomic mass is 35.5. The van der Waals surface area contributed by atoms with Crippen molar-refractivity contribution in [3.8, 4) is 0 Å². The lowest BCUT2D eigenvalue weighted by Crippen LogP contribution is -2.19. The molecule has 1 heterocycles. The fourth-order valence-corrected chi connectivity index (χ4v) is 2.15. The van der Waals surface area contributed by atoms with Crippen LogP contribution >= 0.6 is 11.6 Å². The first-order valence-corrected chi connectivity index (χ1v) is 5.95. The van der Waals surface area contributed by atoms with Crippen molar-refractivity contribution in [3.63, 3.8) is 0 Å². The van der Waals surface area contributed by atoms with Crippen molar-refractivity contribution in [1.82, 2.24) is 9.78 Å². The molecular formula is C12H10ClN3O4. The van der Waals surface area contributed by atoms with Gasteiger partial charge in [0.1, 0.15) is 5.56 Å².